The van der Waals surface area contributed by atoms with Gasteiger partial charge in [0.2, 0.25) is 5.95 Å². The molecule has 4 rings (SSSR count). The van der Waals surface area contributed by atoms with Crippen molar-refractivity contribution >= 4 is 23.7 Å². The average Bonchev–Trinajstić information content (AvgIpc) is 3.39. The summed E-state index contributed by atoms with van der Waals surface area (Å²) in [4.78, 5) is 4.44. The highest BCUT2D eigenvalue weighted by atomic mass is 19.1. The molecule has 1 saturated carbocycles. The summed E-state index contributed by atoms with van der Waals surface area (Å²) in [6.07, 6.45) is 7.66. The summed E-state index contributed by atoms with van der Waals surface area (Å²) in [7, 11) is 0. The lowest BCUT2D eigenvalue weighted by molar-refractivity contribution is 0.187. The zero-order valence-corrected chi connectivity index (χ0v) is 17.4. The molecule has 1 saturated heterocycles. The first-order valence-electron chi connectivity index (χ1n) is 10.7. The Hall–Kier alpha value is -2.94. The number of imidazole rings is 1. The molecule has 0 radical (unpaired) electrons. The quantitative estimate of drug-likeness (QED) is 0.457. The number of halogens is 2. The summed E-state index contributed by atoms with van der Waals surface area (Å²) >= 11 is 0. The lowest BCUT2D eigenvalue weighted by atomic mass is 9.96. The number of nitrogens with one attached hydrogen (secondary N) is 4. The topological polar surface area (TPSA) is 87.0 Å². The molecule has 2 heterocycles. The highest BCUT2D eigenvalue weighted by molar-refractivity contribution is 5.84. The molecule has 31 heavy (non-hydrogen) atoms. The molecule has 2 fully saturated rings. The van der Waals surface area contributed by atoms with E-state index in [4.69, 9.17) is 10.1 Å². The lowest BCUT2D eigenvalue weighted by Crippen LogP contribution is -2.33. The molecule has 0 bridgehead atoms. The Kier molecular flexibility index (Phi) is 6.50. The van der Waals surface area contributed by atoms with Crippen LogP contribution in [-0.4, -0.2) is 35.0 Å². The zero-order chi connectivity index (χ0) is 21.8. The first-order valence-corrected chi connectivity index (χ1v) is 10.7. The van der Waals surface area contributed by atoms with Crippen LogP contribution in [0.3, 0.4) is 0 Å². The van der Waals surface area contributed by atoms with Crippen LogP contribution in [0.25, 0.3) is 0 Å². The number of nitrogens with zero attached hydrogens (tertiary/aromatic N) is 2. The van der Waals surface area contributed by atoms with Gasteiger partial charge < -0.3 is 26.1 Å². The van der Waals surface area contributed by atoms with E-state index in [2.05, 4.69) is 27.5 Å². The Labute approximate surface area is 180 Å². The number of para-hydroxylation sites is 1. The lowest BCUT2D eigenvalue weighted by Gasteiger charge is -2.26. The number of ether oxygens (including phenoxy) is 1. The van der Waals surface area contributed by atoms with Gasteiger partial charge in [0.1, 0.15) is 28.8 Å². The Morgan fingerprint density at radius 3 is 2.58 bits per heavy atom. The number of aromatic nitrogens is 2. The van der Waals surface area contributed by atoms with Crippen molar-refractivity contribution in [1.29, 1.82) is 5.41 Å². The first-order chi connectivity index (χ1) is 15.1. The average molecular weight is 431 g/mol. The maximum atomic E-state index is 14.3. The molecule has 4 N–H and O–H groups in total. The zero-order valence-electron chi connectivity index (χ0n) is 17.4. The van der Waals surface area contributed by atoms with Gasteiger partial charge in [-0.25, -0.2) is 13.8 Å². The van der Waals surface area contributed by atoms with Crippen LogP contribution >= 0.6 is 0 Å². The van der Waals surface area contributed by atoms with E-state index in [1.165, 1.54) is 37.5 Å². The Morgan fingerprint density at radius 2 is 1.94 bits per heavy atom. The van der Waals surface area contributed by atoms with Crippen LogP contribution < -0.4 is 16.0 Å². The van der Waals surface area contributed by atoms with Crippen LogP contribution in [-0.2, 0) is 4.74 Å². The fourth-order valence-electron chi connectivity index (χ4n) is 4.25. The van der Waals surface area contributed by atoms with Crippen molar-refractivity contribution in [2.24, 2.45) is 0 Å². The molecule has 1 aromatic carbocycles. The minimum atomic E-state index is -0.716. The fourth-order valence-corrected chi connectivity index (χ4v) is 4.25. The molecule has 0 spiro atoms. The maximum absolute atomic E-state index is 14.3. The van der Waals surface area contributed by atoms with Crippen LogP contribution in [0.5, 0.6) is 0 Å². The molecule has 1 aliphatic heterocycles. The van der Waals surface area contributed by atoms with Gasteiger partial charge in [0.15, 0.2) is 0 Å². The van der Waals surface area contributed by atoms with Crippen LogP contribution in [0.2, 0.25) is 0 Å². The predicted molar refractivity (Wildman–Crippen MR) is 117 cm³/mol. The van der Waals surface area contributed by atoms with E-state index in [0.717, 1.165) is 25.5 Å². The van der Waals surface area contributed by atoms with Crippen molar-refractivity contribution in [3.63, 3.8) is 0 Å². The third-order valence-electron chi connectivity index (χ3n) is 5.80. The number of hydrogen-bond donors (Lipinski definition) is 4. The van der Waals surface area contributed by atoms with Gasteiger partial charge in [-0.2, -0.15) is 0 Å². The molecule has 7 nitrogen and oxygen atoms in total. The second kappa shape index (κ2) is 9.47. The fraction of sp³-hybridized carbons (Fsp3) is 0.455. The van der Waals surface area contributed by atoms with Crippen molar-refractivity contribution in [3.05, 3.63) is 47.9 Å². The van der Waals surface area contributed by atoms with E-state index in [1.54, 1.807) is 0 Å². The van der Waals surface area contributed by atoms with E-state index < -0.39 is 11.6 Å². The largest absolute Gasteiger partial charge is 0.379 e. The molecular weight excluding hydrogens is 402 g/mol. The van der Waals surface area contributed by atoms with E-state index in [1.807, 2.05) is 4.57 Å². The molecule has 9 heteroatoms. The van der Waals surface area contributed by atoms with Crippen LogP contribution in [0.15, 0.2) is 30.6 Å². The number of anilines is 3. The van der Waals surface area contributed by atoms with E-state index in [-0.39, 0.29) is 17.7 Å². The van der Waals surface area contributed by atoms with Gasteiger partial charge in [-0.05, 0) is 31.4 Å². The summed E-state index contributed by atoms with van der Waals surface area (Å²) in [5, 5.41) is 17.3. The normalized spacial score (nSPS) is 19.2. The minimum Gasteiger partial charge on any atom is -0.379 e. The number of benzene rings is 1. The van der Waals surface area contributed by atoms with Crippen molar-refractivity contribution in [2.45, 2.75) is 50.6 Å². The highest BCUT2D eigenvalue weighted by Crippen LogP contribution is 2.33. The summed E-state index contributed by atoms with van der Waals surface area (Å²) in [6, 6.07) is 3.94. The monoisotopic (exact) mass is 430 g/mol. The molecule has 166 valence electrons. The summed E-state index contributed by atoms with van der Waals surface area (Å²) in [5.74, 6) is -0.0410. The molecule has 1 aliphatic carbocycles. The second-order valence-corrected chi connectivity index (χ2v) is 8.01. The van der Waals surface area contributed by atoms with Crippen LogP contribution in [0, 0.1) is 17.0 Å². The SMILES string of the molecule is C=C(Nc1c(C=N)nc(Nc2c(F)cccc2F)n1[C@@H]1CCOC1)NC1CCCCC1. The van der Waals surface area contributed by atoms with Gasteiger partial charge in [-0.1, -0.05) is 31.9 Å². The van der Waals surface area contributed by atoms with Gasteiger partial charge in [-0.15, -0.1) is 0 Å². The van der Waals surface area contributed by atoms with E-state index in [9.17, 15) is 8.78 Å². The van der Waals surface area contributed by atoms with E-state index in [0.29, 0.717) is 36.6 Å². The first kappa shape index (κ1) is 21.3. The smallest absolute Gasteiger partial charge is 0.210 e. The van der Waals surface area contributed by atoms with Gasteiger partial charge in [0, 0.05) is 18.9 Å². The molecule has 1 aromatic heterocycles. The maximum Gasteiger partial charge on any atom is 0.210 e. The highest BCUT2D eigenvalue weighted by Gasteiger charge is 2.28. The molecule has 1 atom stereocenters. The molecular formula is C22H28F2N6O. The number of hydrogen-bond acceptors (Lipinski definition) is 6. The second-order valence-electron chi connectivity index (χ2n) is 8.01. The summed E-state index contributed by atoms with van der Waals surface area (Å²) < 4.78 is 35.9. The molecule has 0 unspecified atom stereocenters. The standard InChI is InChI=1S/C22H28F2N6O/c1-14(26-15-6-3-2-4-7-15)27-21-19(12-25)28-22(30(21)16-10-11-31-13-16)29-20-17(23)8-5-9-18(20)24/h5,8-9,12,15-16,25-27H,1-4,6-7,10-11,13H2,(H,28,29)/t16-/m1/s1. The predicted octanol–water partition coefficient (Wildman–Crippen LogP) is 4.67. The Bertz CT molecular complexity index is 927. The van der Waals surface area contributed by atoms with Crippen molar-refractivity contribution < 1.29 is 13.5 Å². The van der Waals surface area contributed by atoms with Crippen LogP contribution in [0.1, 0.15) is 50.3 Å². The van der Waals surface area contributed by atoms with Gasteiger partial charge in [0.05, 0.1) is 18.5 Å². The van der Waals surface area contributed by atoms with E-state index >= 15 is 0 Å². The Balaban J connectivity index is 1.65. The third kappa shape index (κ3) is 4.71. The minimum absolute atomic E-state index is 0.0940. The number of rotatable bonds is 8. The van der Waals surface area contributed by atoms with Crippen molar-refractivity contribution in [1.82, 2.24) is 14.9 Å². The van der Waals surface area contributed by atoms with Crippen molar-refractivity contribution in [2.75, 3.05) is 23.8 Å². The molecule has 2 aliphatic rings. The van der Waals surface area contributed by atoms with Crippen molar-refractivity contribution in [3.8, 4) is 0 Å². The van der Waals surface area contributed by atoms with Gasteiger partial charge in [-0.3, -0.25) is 4.57 Å². The summed E-state index contributed by atoms with van der Waals surface area (Å²) in [5.41, 5.74) is 0.0626. The Morgan fingerprint density at radius 1 is 1.19 bits per heavy atom. The van der Waals surface area contributed by atoms with Gasteiger partial charge in [0.25, 0.3) is 0 Å². The molecule has 2 aromatic rings. The summed E-state index contributed by atoms with van der Waals surface area (Å²) in [6.45, 7) is 5.12. The van der Waals surface area contributed by atoms with Gasteiger partial charge >= 0.3 is 0 Å². The van der Waals surface area contributed by atoms with Crippen LogP contribution in [0.4, 0.5) is 26.2 Å². The third-order valence-corrected chi connectivity index (χ3v) is 5.80. The molecule has 0 amide bonds.